The zero-order valence-corrected chi connectivity index (χ0v) is 25.5. The minimum atomic E-state index is -4.80. The van der Waals surface area contributed by atoms with Gasteiger partial charge in [0, 0.05) is 30.7 Å². The standard InChI is InChI=1S/C29H31F3N7O5P/c1-4-43-45-17-18-6-8-24(25(12-18)41-2)36-28-33-15-22(29(30,31)32)26(37-28)35-23-9-7-19(13-21(23)27(40)38-42-3)20-14-34-39(16-20)10-5-11-44-45/h6-9,12-16H,4-5,10-11,17H2,1-3H3,(H,38,40)(H2,33,35,36,37). The summed E-state index contributed by atoms with van der Waals surface area (Å²) in [6.07, 6.45) is 0.506. The zero-order valence-electron chi connectivity index (χ0n) is 24.6. The molecule has 3 N–H and O–H groups in total. The van der Waals surface area contributed by atoms with Crippen molar-refractivity contribution in [3.63, 3.8) is 0 Å². The van der Waals surface area contributed by atoms with Crippen LogP contribution in [0.3, 0.4) is 0 Å². The first-order chi connectivity index (χ1) is 21.7. The van der Waals surface area contributed by atoms with Crippen LogP contribution in [0.4, 0.5) is 36.3 Å². The molecule has 0 aliphatic carbocycles. The van der Waals surface area contributed by atoms with E-state index in [0.29, 0.717) is 61.1 Å². The molecular weight excluding hydrogens is 614 g/mol. The fourth-order valence-electron chi connectivity index (χ4n) is 4.55. The van der Waals surface area contributed by atoms with Gasteiger partial charge in [-0.25, -0.2) is 10.5 Å². The third-order valence-electron chi connectivity index (χ3n) is 6.64. The minimum Gasteiger partial charge on any atom is -0.495 e. The SMILES string of the molecule is CCOP1Cc2ccc(c(OC)c2)Nc2ncc(C(F)(F)F)c(n2)Nc2ccc(cc2C(=O)NOC)-c2cnn(c2)CCCO1. The van der Waals surface area contributed by atoms with Gasteiger partial charge in [-0.2, -0.15) is 23.3 Å². The zero-order chi connectivity index (χ0) is 32.0. The largest absolute Gasteiger partial charge is 0.495 e. The van der Waals surface area contributed by atoms with Crippen molar-refractivity contribution in [2.24, 2.45) is 0 Å². The van der Waals surface area contributed by atoms with Crippen LogP contribution in [-0.2, 0) is 32.8 Å². The predicted molar refractivity (Wildman–Crippen MR) is 162 cm³/mol. The molecule has 4 aromatic rings. The van der Waals surface area contributed by atoms with Crippen LogP contribution >= 0.6 is 8.38 Å². The molecule has 0 radical (unpaired) electrons. The highest BCUT2D eigenvalue weighted by atomic mass is 31.2. The number of amides is 1. The van der Waals surface area contributed by atoms with Gasteiger partial charge in [0.25, 0.3) is 5.91 Å². The Balaban J connectivity index is 1.60. The molecule has 6 heterocycles. The van der Waals surface area contributed by atoms with Gasteiger partial charge >= 0.3 is 6.18 Å². The normalized spacial score (nSPS) is 15.4. The Hall–Kier alpha value is -4.30. The predicted octanol–water partition coefficient (Wildman–Crippen LogP) is 6.41. The number of methoxy groups -OCH3 is 1. The van der Waals surface area contributed by atoms with E-state index in [4.69, 9.17) is 18.6 Å². The Morgan fingerprint density at radius 2 is 1.93 bits per heavy atom. The number of aromatic nitrogens is 4. The number of carbonyl (C=O) groups is 1. The maximum absolute atomic E-state index is 14.1. The van der Waals surface area contributed by atoms with E-state index in [-0.39, 0.29) is 17.2 Å². The van der Waals surface area contributed by atoms with Crippen LogP contribution in [0.25, 0.3) is 11.1 Å². The summed E-state index contributed by atoms with van der Waals surface area (Å²) >= 11 is 0. The van der Waals surface area contributed by atoms with Gasteiger partial charge in [0.15, 0.2) is 8.38 Å². The van der Waals surface area contributed by atoms with E-state index >= 15 is 0 Å². The van der Waals surface area contributed by atoms with Gasteiger partial charge in [-0.1, -0.05) is 12.1 Å². The van der Waals surface area contributed by atoms with Crippen molar-refractivity contribution in [3.05, 3.63) is 71.7 Å². The van der Waals surface area contributed by atoms with Gasteiger partial charge in [0.1, 0.15) is 17.1 Å². The lowest BCUT2D eigenvalue weighted by Crippen LogP contribution is -2.23. The number of aryl methyl sites for hydroxylation is 1. The van der Waals surface area contributed by atoms with E-state index in [1.54, 1.807) is 29.1 Å². The van der Waals surface area contributed by atoms with Crippen LogP contribution in [-0.4, -0.2) is 53.1 Å². The third kappa shape index (κ3) is 7.87. The Morgan fingerprint density at radius 1 is 1.11 bits per heavy atom. The van der Waals surface area contributed by atoms with Crippen molar-refractivity contribution >= 4 is 37.4 Å². The Bertz CT molecular complexity index is 1650. The summed E-state index contributed by atoms with van der Waals surface area (Å²) in [5, 5.41) is 10.0. The fraction of sp³-hybridized carbons (Fsp3) is 0.310. The highest BCUT2D eigenvalue weighted by molar-refractivity contribution is 7.46. The molecule has 1 unspecified atom stereocenters. The summed E-state index contributed by atoms with van der Waals surface area (Å²) in [6, 6.07) is 10.0. The number of carbonyl (C=O) groups excluding carboxylic acids is 1. The summed E-state index contributed by atoms with van der Waals surface area (Å²) in [5.74, 6) is -0.963. The van der Waals surface area contributed by atoms with E-state index in [1.165, 1.54) is 26.4 Å². The quantitative estimate of drug-likeness (QED) is 0.165. The molecule has 8 bridgehead atoms. The molecule has 238 valence electrons. The first-order valence-electron chi connectivity index (χ1n) is 13.9. The summed E-state index contributed by atoms with van der Waals surface area (Å²) in [5.41, 5.74) is 3.80. The van der Waals surface area contributed by atoms with E-state index in [2.05, 4.69) is 31.2 Å². The number of ether oxygens (including phenoxy) is 1. The summed E-state index contributed by atoms with van der Waals surface area (Å²) in [6.45, 7) is 3.40. The first-order valence-corrected chi connectivity index (χ1v) is 15.2. The lowest BCUT2D eigenvalue weighted by atomic mass is 10.0. The second-order valence-electron chi connectivity index (χ2n) is 9.72. The highest BCUT2D eigenvalue weighted by Gasteiger charge is 2.36. The molecule has 2 aromatic carbocycles. The van der Waals surface area contributed by atoms with Gasteiger partial charge in [-0.05, 0) is 48.7 Å². The average molecular weight is 646 g/mol. The number of nitrogens with one attached hydrogen (secondary N) is 3. The Kier molecular flexibility index (Phi) is 10.1. The Morgan fingerprint density at radius 3 is 2.69 bits per heavy atom. The van der Waals surface area contributed by atoms with E-state index in [0.717, 1.165) is 5.56 Å². The van der Waals surface area contributed by atoms with Crippen LogP contribution in [0.15, 0.2) is 55.0 Å². The summed E-state index contributed by atoms with van der Waals surface area (Å²) in [7, 11) is 1.49. The van der Waals surface area contributed by atoms with Crippen molar-refractivity contribution in [2.75, 3.05) is 38.1 Å². The minimum absolute atomic E-state index is 0.0143. The summed E-state index contributed by atoms with van der Waals surface area (Å²) in [4.78, 5) is 25.8. The van der Waals surface area contributed by atoms with Gasteiger partial charge in [0.2, 0.25) is 5.95 Å². The molecule has 4 aliphatic heterocycles. The van der Waals surface area contributed by atoms with Gasteiger partial charge in [0.05, 0.1) is 50.6 Å². The molecule has 1 amide bonds. The second kappa shape index (κ2) is 14.2. The maximum Gasteiger partial charge on any atom is 0.421 e. The molecule has 45 heavy (non-hydrogen) atoms. The molecule has 4 aliphatic rings. The molecule has 0 fully saturated rings. The first kappa shape index (κ1) is 32.1. The van der Waals surface area contributed by atoms with Crippen LogP contribution in [0.1, 0.15) is 34.8 Å². The van der Waals surface area contributed by atoms with Crippen LogP contribution in [0.2, 0.25) is 0 Å². The van der Waals surface area contributed by atoms with Gasteiger partial charge in [-0.3, -0.25) is 14.3 Å². The van der Waals surface area contributed by atoms with Crippen LogP contribution in [0.5, 0.6) is 5.75 Å². The number of alkyl halides is 3. The number of benzene rings is 2. The monoisotopic (exact) mass is 645 g/mol. The molecule has 8 rings (SSSR count). The van der Waals surface area contributed by atoms with Crippen molar-refractivity contribution in [1.29, 1.82) is 0 Å². The number of hydrogen-bond donors (Lipinski definition) is 3. The Labute approximate surface area is 258 Å². The number of anilines is 4. The van der Waals surface area contributed by atoms with Crippen LogP contribution in [0, 0.1) is 0 Å². The average Bonchev–Trinajstić information content (AvgIpc) is 3.48. The lowest BCUT2D eigenvalue weighted by molar-refractivity contribution is -0.137. The number of hydroxylamine groups is 1. The molecule has 12 nitrogen and oxygen atoms in total. The number of halogens is 3. The third-order valence-corrected chi connectivity index (χ3v) is 8.28. The maximum atomic E-state index is 14.1. The van der Waals surface area contributed by atoms with Crippen molar-refractivity contribution in [2.45, 2.75) is 32.2 Å². The molecular formula is C29H31F3N7O5P. The smallest absolute Gasteiger partial charge is 0.421 e. The molecule has 2 aromatic heterocycles. The van der Waals surface area contributed by atoms with Crippen molar-refractivity contribution in [3.8, 4) is 16.9 Å². The van der Waals surface area contributed by atoms with Crippen molar-refractivity contribution < 1.29 is 36.6 Å². The van der Waals surface area contributed by atoms with E-state index in [1.807, 2.05) is 19.2 Å². The lowest BCUT2D eigenvalue weighted by Gasteiger charge is -2.19. The molecule has 0 spiro atoms. The van der Waals surface area contributed by atoms with E-state index < -0.39 is 31.8 Å². The van der Waals surface area contributed by atoms with Gasteiger partial charge < -0.3 is 24.4 Å². The summed E-state index contributed by atoms with van der Waals surface area (Å²) < 4.78 is 61.5. The van der Waals surface area contributed by atoms with Crippen molar-refractivity contribution in [1.82, 2.24) is 25.2 Å². The fourth-order valence-corrected chi connectivity index (χ4v) is 5.92. The van der Waals surface area contributed by atoms with Gasteiger partial charge in [-0.15, -0.1) is 0 Å². The second-order valence-corrected chi connectivity index (χ2v) is 11.2. The topological polar surface area (TPSA) is 134 Å². The molecule has 0 saturated carbocycles. The van der Waals surface area contributed by atoms with Crippen LogP contribution < -0.4 is 20.9 Å². The molecule has 0 saturated heterocycles. The number of hydrogen-bond acceptors (Lipinski definition) is 10. The highest BCUT2D eigenvalue weighted by Crippen LogP contribution is 2.44. The van der Waals surface area contributed by atoms with E-state index in [9.17, 15) is 18.0 Å². The molecule has 1 atom stereocenters. The number of nitrogens with zero attached hydrogens (tertiary/aromatic N) is 4. The molecule has 16 heteroatoms. The number of rotatable bonds is 5.